The molecule has 0 radical (unpaired) electrons. The van der Waals surface area contributed by atoms with Gasteiger partial charge in [-0.2, -0.15) is 0 Å². The molecule has 1 aromatic heterocycles. The van der Waals surface area contributed by atoms with Crippen molar-refractivity contribution >= 4 is 11.4 Å². The Hall–Kier alpha value is -0.302. The summed E-state index contributed by atoms with van der Waals surface area (Å²) in [7, 11) is 0. The summed E-state index contributed by atoms with van der Waals surface area (Å²) in [6, 6.07) is 0. The fraction of sp³-hybridized carbons (Fsp3) is 0. The summed E-state index contributed by atoms with van der Waals surface area (Å²) in [5, 5.41) is 13.1. The van der Waals surface area contributed by atoms with E-state index < -0.39 is 11.4 Å². The van der Waals surface area contributed by atoms with Crippen molar-refractivity contribution in [3.05, 3.63) is 12.4 Å². The molecule has 0 aliphatic rings. The van der Waals surface area contributed by atoms with Gasteiger partial charge < -0.3 is 9.11 Å². The van der Waals surface area contributed by atoms with Gasteiger partial charge in [0.15, 0.2) is 0 Å². The fourth-order valence-electron chi connectivity index (χ4n) is 0.165. The molecule has 1 aromatic rings. The van der Waals surface area contributed by atoms with Crippen LogP contribution in [-0.2, 0) is 32.4 Å². The third-order valence-electron chi connectivity index (χ3n) is 0.343. The SMILES string of the molecule is O=S([O-])O.[Pt].c1cnnnn1. The second-order valence-corrected chi connectivity index (χ2v) is 1.36. The molecule has 7 nitrogen and oxygen atoms in total. The van der Waals surface area contributed by atoms with Gasteiger partial charge in [0.2, 0.25) is 0 Å². The van der Waals surface area contributed by atoms with Gasteiger partial charge in [-0.25, -0.2) is 4.21 Å². The summed E-state index contributed by atoms with van der Waals surface area (Å²) in [6.07, 6.45) is 2.93. The van der Waals surface area contributed by atoms with Crippen LogP contribution in [-0.4, -0.2) is 33.9 Å². The summed E-state index contributed by atoms with van der Waals surface area (Å²) in [5.74, 6) is 0. The molecule has 0 fully saturated rings. The molecule has 9 heteroatoms. The van der Waals surface area contributed by atoms with Crippen LogP contribution < -0.4 is 0 Å². The van der Waals surface area contributed by atoms with Gasteiger partial charge >= 0.3 is 0 Å². The fourth-order valence-corrected chi connectivity index (χ4v) is 0.165. The minimum absolute atomic E-state index is 0. The van der Waals surface area contributed by atoms with E-state index in [1.54, 1.807) is 0 Å². The predicted molar refractivity (Wildman–Crippen MR) is 29.2 cm³/mol. The topological polar surface area (TPSA) is 112 Å². The zero-order chi connectivity index (χ0) is 7.82. The van der Waals surface area contributed by atoms with Gasteiger partial charge in [-0.1, -0.05) is 0 Å². The first-order valence-corrected chi connectivity index (χ1v) is 3.00. The van der Waals surface area contributed by atoms with Crippen molar-refractivity contribution in [2.75, 3.05) is 0 Å². The molecule has 66 valence electrons. The summed E-state index contributed by atoms with van der Waals surface area (Å²) < 4.78 is 24.1. The molecule has 0 aliphatic heterocycles. The van der Waals surface area contributed by atoms with E-state index in [2.05, 4.69) is 20.6 Å². The van der Waals surface area contributed by atoms with Gasteiger partial charge in [-0.05, 0) is 10.4 Å². The standard InChI is InChI=1S/C2H2N4.H2O3S.Pt/c1-2-4-6-5-3-1;1-4(2)3;/h1-2H;(H2,1,2,3);/p-1. The smallest absolute Gasteiger partial charge is 0.0814 e. The van der Waals surface area contributed by atoms with E-state index in [1.165, 1.54) is 12.4 Å². The Morgan fingerprint density at radius 3 is 1.64 bits per heavy atom. The summed E-state index contributed by atoms with van der Waals surface area (Å²) in [5.41, 5.74) is 0. The van der Waals surface area contributed by atoms with Crippen LogP contribution in [0.1, 0.15) is 0 Å². The van der Waals surface area contributed by atoms with Crippen LogP contribution in [0, 0.1) is 0 Å². The third kappa shape index (κ3) is 17.7. The Kier molecular flexibility index (Phi) is 11.7. The molecule has 1 N–H and O–H groups in total. The first kappa shape index (κ1) is 13.3. The second kappa shape index (κ2) is 9.70. The molecule has 1 atom stereocenters. The van der Waals surface area contributed by atoms with E-state index in [0.717, 1.165) is 0 Å². The van der Waals surface area contributed by atoms with Crippen molar-refractivity contribution < 1.29 is 34.4 Å². The van der Waals surface area contributed by atoms with Crippen molar-refractivity contribution in [2.45, 2.75) is 0 Å². The van der Waals surface area contributed by atoms with Crippen LogP contribution in [0.15, 0.2) is 12.4 Å². The third-order valence-corrected chi connectivity index (χ3v) is 0.343. The Morgan fingerprint density at radius 1 is 1.27 bits per heavy atom. The van der Waals surface area contributed by atoms with E-state index in [-0.39, 0.29) is 21.1 Å². The molecule has 0 bridgehead atoms. The second-order valence-electron chi connectivity index (χ2n) is 0.925. The minimum atomic E-state index is -2.86. The normalized spacial score (nSPS) is 10.0. The van der Waals surface area contributed by atoms with Crippen LogP contribution in [0.3, 0.4) is 0 Å². The monoisotopic (exact) mass is 358 g/mol. The quantitative estimate of drug-likeness (QED) is 0.568. The van der Waals surface area contributed by atoms with E-state index in [4.69, 9.17) is 13.3 Å². The van der Waals surface area contributed by atoms with E-state index in [0.29, 0.717) is 0 Å². The number of hydrogen-bond acceptors (Lipinski definition) is 6. The van der Waals surface area contributed by atoms with E-state index in [9.17, 15) is 0 Å². The molecule has 0 saturated carbocycles. The maximum atomic E-state index is 8.56. The van der Waals surface area contributed by atoms with Crippen LogP contribution >= 0.6 is 0 Å². The van der Waals surface area contributed by atoms with Crippen molar-refractivity contribution in [1.29, 1.82) is 0 Å². The first-order chi connectivity index (χ1) is 4.73. The Bertz CT molecular complexity index is 155. The van der Waals surface area contributed by atoms with Crippen molar-refractivity contribution in [3.8, 4) is 0 Å². The molecule has 1 heterocycles. The first-order valence-electron chi connectivity index (χ1n) is 1.97. The zero-order valence-corrected chi connectivity index (χ0v) is 8.02. The molecule has 0 saturated heterocycles. The van der Waals surface area contributed by atoms with Crippen molar-refractivity contribution in [2.24, 2.45) is 0 Å². The Balaban J connectivity index is 0. The average Bonchev–Trinajstić information content (AvgIpc) is 1.90. The summed E-state index contributed by atoms with van der Waals surface area (Å²) in [4.78, 5) is 0. The molecule has 0 aromatic carbocycles. The van der Waals surface area contributed by atoms with Gasteiger partial charge in [0.1, 0.15) is 0 Å². The molecular weight excluding hydrogens is 355 g/mol. The van der Waals surface area contributed by atoms with E-state index >= 15 is 0 Å². The van der Waals surface area contributed by atoms with Crippen LogP contribution in [0.25, 0.3) is 0 Å². The van der Waals surface area contributed by atoms with Gasteiger partial charge in [-0.3, -0.25) is 0 Å². The molecule has 1 unspecified atom stereocenters. The van der Waals surface area contributed by atoms with Crippen molar-refractivity contribution in [1.82, 2.24) is 20.6 Å². The zero-order valence-electron chi connectivity index (χ0n) is 4.93. The minimum Gasteiger partial charge on any atom is -0.750 e. The number of aromatic nitrogens is 4. The molecule has 0 aliphatic carbocycles. The largest absolute Gasteiger partial charge is 0.750 e. The maximum absolute atomic E-state index is 8.56. The van der Waals surface area contributed by atoms with Crippen LogP contribution in [0.2, 0.25) is 0 Å². The van der Waals surface area contributed by atoms with Gasteiger partial charge in [-0.15, -0.1) is 10.2 Å². The van der Waals surface area contributed by atoms with Crippen molar-refractivity contribution in [3.63, 3.8) is 0 Å². The van der Waals surface area contributed by atoms with E-state index in [1.807, 2.05) is 0 Å². The maximum Gasteiger partial charge on any atom is 0.0814 e. The average molecular weight is 358 g/mol. The molecular formula is C2H3N4O3PtS-. The van der Waals surface area contributed by atoms with Gasteiger partial charge in [0.25, 0.3) is 0 Å². The number of rotatable bonds is 0. The molecule has 0 amide bonds. The molecule has 1 rings (SSSR count). The van der Waals surface area contributed by atoms with Gasteiger partial charge in [0, 0.05) is 21.1 Å². The summed E-state index contributed by atoms with van der Waals surface area (Å²) >= 11 is -2.86. The Labute approximate surface area is 79.0 Å². The van der Waals surface area contributed by atoms with Gasteiger partial charge in [0.05, 0.1) is 23.8 Å². The number of hydrogen-bond donors (Lipinski definition) is 1. The molecule has 11 heavy (non-hydrogen) atoms. The molecule has 0 spiro atoms. The van der Waals surface area contributed by atoms with Crippen LogP contribution in [0.4, 0.5) is 0 Å². The number of nitrogens with zero attached hydrogens (tertiary/aromatic N) is 4. The van der Waals surface area contributed by atoms with Crippen LogP contribution in [0.5, 0.6) is 0 Å². The Morgan fingerprint density at radius 2 is 1.55 bits per heavy atom. The predicted octanol–water partition coefficient (Wildman–Crippen LogP) is -1.40. The summed E-state index contributed by atoms with van der Waals surface area (Å²) in [6.45, 7) is 0.